The molecule has 3 rings (SSSR count). The number of H-pyrrole nitrogens is 1. The van der Waals surface area contributed by atoms with E-state index in [-0.39, 0.29) is 5.82 Å². The molecule has 1 aliphatic rings. The van der Waals surface area contributed by atoms with Gasteiger partial charge in [0.05, 0.1) is 13.2 Å². The zero-order valence-corrected chi connectivity index (χ0v) is 12.7. The lowest BCUT2D eigenvalue weighted by atomic mass is 10.0. The summed E-state index contributed by atoms with van der Waals surface area (Å²) in [7, 11) is 0. The number of nitrogens with one attached hydrogen (secondary N) is 2. The van der Waals surface area contributed by atoms with Gasteiger partial charge in [-0.25, -0.2) is 4.39 Å². The van der Waals surface area contributed by atoms with E-state index < -0.39 is 0 Å². The lowest BCUT2D eigenvalue weighted by Crippen LogP contribution is -2.36. The summed E-state index contributed by atoms with van der Waals surface area (Å²) in [5, 5.41) is 4.74. The van der Waals surface area contributed by atoms with E-state index in [1.165, 1.54) is 11.6 Å². The predicted octanol–water partition coefficient (Wildman–Crippen LogP) is 3.17. The molecule has 2 aromatic rings. The fourth-order valence-corrected chi connectivity index (χ4v) is 3.29. The van der Waals surface area contributed by atoms with Crippen molar-refractivity contribution in [3.05, 3.63) is 35.3 Å². The normalized spacial score (nSPS) is 22.2. The van der Waals surface area contributed by atoms with Gasteiger partial charge in [0.2, 0.25) is 0 Å². The SMILES string of the molecule is CCC1COCC1NCCc1c(C)[nH]c2cc(F)ccc12. The van der Waals surface area contributed by atoms with Crippen LogP contribution in [-0.4, -0.2) is 30.8 Å². The van der Waals surface area contributed by atoms with Gasteiger partial charge < -0.3 is 15.0 Å². The first-order chi connectivity index (χ1) is 10.2. The molecule has 1 saturated heterocycles. The fourth-order valence-electron chi connectivity index (χ4n) is 3.29. The second-order valence-electron chi connectivity index (χ2n) is 5.93. The average molecular weight is 290 g/mol. The summed E-state index contributed by atoms with van der Waals surface area (Å²) < 4.78 is 18.8. The van der Waals surface area contributed by atoms with E-state index >= 15 is 0 Å². The molecule has 1 aromatic carbocycles. The van der Waals surface area contributed by atoms with Crippen LogP contribution in [0.2, 0.25) is 0 Å². The number of aryl methyl sites for hydroxylation is 1. The van der Waals surface area contributed by atoms with Crippen LogP contribution >= 0.6 is 0 Å². The molecule has 2 unspecified atom stereocenters. The summed E-state index contributed by atoms with van der Waals surface area (Å²) >= 11 is 0. The molecule has 1 fully saturated rings. The van der Waals surface area contributed by atoms with Gasteiger partial charge in [0.1, 0.15) is 5.82 Å². The van der Waals surface area contributed by atoms with E-state index in [1.807, 2.05) is 6.07 Å². The molecular formula is C17H23FN2O. The molecule has 0 amide bonds. The predicted molar refractivity (Wildman–Crippen MR) is 83.1 cm³/mol. The van der Waals surface area contributed by atoms with Crippen LogP contribution in [0.4, 0.5) is 4.39 Å². The highest BCUT2D eigenvalue weighted by molar-refractivity contribution is 5.84. The van der Waals surface area contributed by atoms with Crippen molar-refractivity contribution in [3.8, 4) is 0 Å². The third-order valence-corrected chi connectivity index (χ3v) is 4.59. The number of halogens is 1. The smallest absolute Gasteiger partial charge is 0.125 e. The van der Waals surface area contributed by atoms with E-state index in [2.05, 4.69) is 24.1 Å². The molecule has 2 N–H and O–H groups in total. The van der Waals surface area contributed by atoms with E-state index in [1.54, 1.807) is 6.07 Å². The third-order valence-electron chi connectivity index (χ3n) is 4.59. The average Bonchev–Trinajstić information content (AvgIpc) is 3.03. The topological polar surface area (TPSA) is 37.0 Å². The molecule has 2 heterocycles. The molecule has 3 nitrogen and oxygen atoms in total. The Balaban J connectivity index is 1.66. The Labute approximate surface area is 124 Å². The summed E-state index contributed by atoms with van der Waals surface area (Å²) in [4.78, 5) is 3.27. The Morgan fingerprint density at radius 1 is 1.38 bits per heavy atom. The van der Waals surface area contributed by atoms with Gasteiger partial charge in [-0.15, -0.1) is 0 Å². The van der Waals surface area contributed by atoms with E-state index in [0.717, 1.165) is 49.2 Å². The second kappa shape index (κ2) is 6.16. The minimum absolute atomic E-state index is 0.192. The Morgan fingerprint density at radius 2 is 2.24 bits per heavy atom. The zero-order valence-electron chi connectivity index (χ0n) is 12.7. The van der Waals surface area contributed by atoms with Crippen molar-refractivity contribution in [1.29, 1.82) is 0 Å². The van der Waals surface area contributed by atoms with Crippen molar-refractivity contribution in [3.63, 3.8) is 0 Å². The zero-order chi connectivity index (χ0) is 14.8. The molecule has 21 heavy (non-hydrogen) atoms. The number of hydrogen-bond donors (Lipinski definition) is 2. The highest BCUT2D eigenvalue weighted by Gasteiger charge is 2.25. The largest absolute Gasteiger partial charge is 0.379 e. The lowest BCUT2D eigenvalue weighted by Gasteiger charge is -2.17. The van der Waals surface area contributed by atoms with E-state index in [0.29, 0.717) is 12.0 Å². The van der Waals surface area contributed by atoms with Crippen LogP contribution in [0.25, 0.3) is 10.9 Å². The van der Waals surface area contributed by atoms with Crippen LogP contribution in [0, 0.1) is 18.7 Å². The molecule has 0 bridgehead atoms. The summed E-state index contributed by atoms with van der Waals surface area (Å²) in [5.74, 6) is 0.436. The number of ether oxygens (including phenoxy) is 1. The van der Waals surface area contributed by atoms with Crippen molar-refractivity contribution in [2.75, 3.05) is 19.8 Å². The molecular weight excluding hydrogens is 267 g/mol. The van der Waals surface area contributed by atoms with E-state index in [4.69, 9.17) is 4.74 Å². The summed E-state index contributed by atoms with van der Waals surface area (Å²) in [6.45, 7) is 6.89. The molecule has 1 aliphatic heterocycles. The first kappa shape index (κ1) is 14.5. The van der Waals surface area contributed by atoms with Gasteiger partial charge >= 0.3 is 0 Å². The quantitative estimate of drug-likeness (QED) is 0.887. The maximum atomic E-state index is 13.3. The molecule has 0 saturated carbocycles. The number of rotatable bonds is 5. The summed E-state index contributed by atoms with van der Waals surface area (Å²) in [6.07, 6.45) is 2.10. The van der Waals surface area contributed by atoms with Gasteiger partial charge in [-0.05, 0) is 56.0 Å². The third kappa shape index (κ3) is 2.97. The number of aromatic amines is 1. The van der Waals surface area contributed by atoms with Crippen LogP contribution in [-0.2, 0) is 11.2 Å². The number of hydrogen-bond acceptors (Lipinski definition) is 2. The number of aromatic nitrogens is 1. The van der Waals surface area contributed by atoms with Gasteiger partial charge in [0.25, 0.3) is 0 Å². The van der Waals surface area contributed by atoms with Crippen LogP contribution in [0.15, 0.2) is 18.2 Å². The molecule has 0 spiro atoms. The first-order valence-corrected chi connectivity index (χ1v) is 7.77. The van der Waals surface area contributed by atoms with Crippen LogP contribution in [0.5, 0.6) is 0 Å². The Kier molecular flexibility index (Phi) is 4.27. The van der Waals surface area contributed by atoms with E-state index in [9.17, 15) is 4.39 Å². The molecule has 114 valence electrons. The van der Waals surface area contributed by atoms with Crippen molar-refractivity contribution < 1.29 is 9.13 Å². The van der Waals surface area contributed by atoms with Crippen LogP contribution in [0.3, 0.4) is 0 Å². The molecule has 1 aromatic heterocycles. The lowest BCUT2D eigenvalue weighted by molar-refractivity contribution is 0.182. The highest BCUT2D eigenvalue weighted by Crippen LogP contribution is 2.23. The van der Waals surface area contributed by atoms with Crippen molar-refractivity contribution in [2.45, 2.75) is 32.7 Å². The van der Waals surface area contributed by atoms with Crippen LogP contribution in [0.1, 0.15) is 24.6 Å². The van der Waals surface area contributed by atoms with Crippen molar-refractivity contribution in [2.24, 2.45) is 5.92 Å². The molecule has 2 atom stereocenters. The minimum atomic E-state index is -0.192. The summed E-state index contributed by atoms with van der Waals surface area (Å²) in [5.41, 5.74) is 3.30. The Hall–Kier alpha value is -1.39. The van der Waals surface area contributed by atoms with Gasteiger partial charge in [-0.2, -0.15) is 0 Å². The second-order valence-corrected chi connectivity index (χ2v) is 5.93. The van der Waals surface area contributed by atoms with Gasteiger partial charge in [0.15, 0.2) is 0 Å². The maximum absolute atomic E-state index is 13.3. The van der Waals surface area contributed by atoms with Gasteiger partial charge in [0, 0.05) is 22.6 Å². The van der Waals surface area contributed by atoms with Crippen molar-refractivity contribution in [1.82, 2.24) is 10.3 Å². The summed E-state index contributed by atoms with van der Waals surface area (Å²) in [6, 6.07) is 5.44. The maximum Gasteiger partial charge on any atom is 0.125 e. The highest BCUT2D eigenvalue weighted by atomic mass is 19.1. The number of fused-ring (bicyclic) bond motifs is 1. The molecule has 4 heteroatoms. The van der Waals surface area contributed by atoms with Crippen LogP contribution < -0.4 is 5.32 Å². The fraction of sp³-hybridized carbons (Fsp3) is 0.529. The minimum Gasteiger partial charge on any atom is -0.379 e. The van der Waals surface area contributed by atoms with Gasteiger partial charge in [-0.1, -0.05) is 6.92 Å². The Bertz CT molecular complexity index is 623. The monoisotopic (exact) mass is 290 g/mol. The van der Waals surface area contributed by atoms with Crippen molar-refractivity contribution >= 4 is 10.9 Å². The number of benzene rings is 1. The molecule has 0 radical (unpaired) electrons. The first-order valence-electron chi connectivity index (χ1n) is 7.77. The molecule has 0 aliphatic carbocycles. The van der Waals surface area contributed by atoms with Gasteiger partial charge in [-0.3, -0.25) is 0 Å². The Morgan fingerprint density at radius 3 is 3.05 bits per heavy atom. The standard InChI is InChI=1S/C17H23FN2O/c1-3-12-9-21-10-17(12)19-7-6-14-11(2)20-16-8-13(18)4-5-15(14)16/h4-5,8,12,17,19-20H,3,6-7,9-10H2,1-2H3.